The van der Waals surface area contributed by atoms with Gasteiger partial charge in [0.2, 0.25) is 11.6 Å². The summed E-state index contributed by atoms with van der Waals surface area (Å²) in [6, 6.07) is 27.0. The van der Waals surface area contributed by atoms with Crippen molar-refractivity contribution in [2.24, 2.45) is 0 Å². The van der Waals surface area contributed by atoms with Crippen LogP contribution in [-0.4, -0.2) is 14.9 Å². The van der Waals surface area contributed by atoms with Crippen molar-refractivity contribution >= 4 is 28.7 Å². The molecule has 0 aliphatic heterocycles. The number of benzene rings is 3. The second kappa shape index (κ2) is 9.57. The molecule has 160 valence electrons. The monoisotopic (exact) mass is 426 g/mol. The predicted molar refractivity (Wildman–Crippen MR) is 126 cm³/mol. The van der Waals surface area contributed by atoms with Crippen LogP contribution in [0.3, 0.4) is 0 Å². The largest absolute Gasteiger partial charge is 0.360 e. The van der Waals surface area contributed by atoms with Crippen LogP contribution in [0, 0.1) is 17.0 Å². The lowest BCUT2D eigenvalue weighted by atomic mass is 10.1. The molecule has 0 saturated heterocycles. The Morgan fingerprint density at radius 2 is 1.41 bits per heavy atom. The molecular formula is C24H22N6O2. The smallest absolute Gasteiger partial charge is 0.354 e. The Bertz CT molecular complexity index is 1140. The molecule has 0 fully saturated rings. The quantitative estimate of drug-likeness (QED) is 0.285. The maximum Gasteiger partial charge on any atom is 0.354 e. The fourth-order valence-corrected chi connectivity index (χ4v) is 3.19. The molecule has 0 bridgehead atoms. The molecule has 0 aliphatic carbocycles. The van der Waals surface area contributed by atoms with Crippen molar-refractivity contribution in [1.29, 1.82) is 0 Å². The molecule has 0 unspecified atom stereocenters. The maximum absolute atomic E-state index is 12.0. The zero-order chi connectivity index (χ0) is 22.3. The van der Waals surface area contributed by atoms with Crippen molar-refractivity contribution in [3.05, 3.63) is 112 Å². The van der Waals surface area contributed by atoms with Crippen LogP contribution < -0.4 is 15.8 Å². The number of aryl methyl sites for hydroxylation is 1. The van der Waals surface area contributed by atoms with Crippen molar-refractivity contribution in [2.45, 2.75) is 13.5 Å². The Labute approximate surface area is 185 Å². The molecule has 0 saturated carbocycles. The number of aromatic nitrogens is 2. The standard InChI is InChI=1S/C24H22N6O2/c1-18-12-14-19(15-13-18)16-25-23-22(30(31)32)24(27-17-26-23)28-29(20-8-4-2-5-9-20)21-10-6-3-7-11-21/h2-15,17H,16H2,1H3,(H2,25,26,27,28). The highest BCUT2D eigenvalue weighted by Gasteiger charge is 2.25. The van der Waals surface area contributed by atoms with E-state index >= 15 is 0 Å². The van der Waals surface area contributed by atoms with Gasteiger partial charge in [0.1, 0.15) is 6.33 Å². The van der Waals surface area contributed by atoms with Gasteiger partial charge in [0.05, 0.1) is 16.3 Å². The van der Waals surface area contributed by atoms with E-state index < -0.39 is 4.92 Å². The van der Waals surface area contributed by atoms with Crippen LogP contribution >= 0.6 is 0 Å². The molecule has 4 rings (SSSR count). The van der Waals surface area contributed by atoms with Gasteiger partial charge in [-0.15, -0.1) is 0 Å². The first kappa shape index (κ1) is 20.8. The van der Waals surface area contributed by atoms with Gasteiger partial charge in [-0.25, -0.2) is 9.97 Å². The first-order valence-corrected chi connectivity index (χ1v) is 10.1. The number of rotatable bonds is 8. The molecule has 1 heterocycles. The van der Waals surface area contributed by atoms with Crippen LogP contribution in [0.4, 0.5) is 28.7 Å². The lowest BCUT2D eigenvalue weighted by Gasteiger charge is -2.26. The fourth-order valence-electron chi connectivity index (χ4n) is 3.19. The van der Waals surface area contributed by atoms with E-state index in [0.717, 1.165) is 22.5 Å². The van der Waals surface area contributed by atoms with Crippen LogP contribution in [0.1, 0.15) is 11.1 Å². The Morgan fingerprint density at radius 3 is 1.97 bits per heavy atom. The van der Waals surface area contributed by atoms with E-state index in [2.05, 4.69) is 20.7 Å². The topological polar surface area (TPSA) is 96.2 Å². The maximum atomic E-state index is 12.0. The summed E-state index contributed by atoms with van der Waals surface area (Å²) in [5.74, 6) is 0.235. The number of nitrogens with one attached hydrogen (secondary N) is 2. The number of nitro groups is 1. The minimum Gasteiger partial charge on any atom is -0.360 e. The Hall–Kier alpha value is -4.46. The van der Waals surface area contributed by atoms with Gasteiger partial charge in [-0.2, -0.15) is 0 Å². The van der Waals surface area contributed by atoms with E-state index in [1.54, 1.807) is 5.01 Å². The van der Waals surface area contributed by atoms with Crippen molar-refractivity contribution in [3.8, 4) is 0 Å². The molecule has 1 aromatic heterocycles. The molecule has 0 atom stereocenters. The number of nitrogens with zero attached hydrogens (tertiary/aromatic N) is 4. The molecule has 2 N–H and O–H groups in total. The summed E-state index contributed by atoms with van der Waals surface area (Å²) in [4.78, 5) is 19.8. The molecule has 4 aromatic rings. The van der Waals surface area contributed by atoms with E-state index in [1.807, 2.05) is 91.9 Å². The van der Waals surface area contributed by atoms with Gasteiger partial charge < -0.3 is 5.32 Å². The molecule has 0 spiro atoms. The van der Waals surface area contributed by atoms with Gasteiger partial charge in [-0.3, -0.25) is 20.5 Å². The molecular weight excluding hydrogens is 404 g/mol. The highest BCUT2D eigenvalue weighted by molar-refractivity contribution is 5.74. The normalized spacial score (nSPS) is 10.4. The van der Waals surface area contributed by atoms with Gasteiger partial charge in [-0.1, -0.05) is 66.2 Å². The zero-order valence-electron chi connectivity index (χ0n) is 17.5. The minimum absolute atomic E-state index is 0.0871. The van der Waals surface area contributed by atoms with Crippen LogP contribution in [0.25, 0.3) is 0 Å². The van der Waals surface area contributed by atoms with Crippen LogP contribution in [0.15, 0.2) is 91.3 Å². The Balaban J connectivity index is 1.66. The van der Waals surface area contributed by atoms with E-state index in [1.165, 1.54) is 6.33 Å². The summed E-state index contributed by atoms with van der Waals surface area (Å²) in [7, 11) is 0. The summed E-state index contributed by atoms with van der Waals surface area (Å²) in [5.41, 5.74) is 6.64. The zero-order valence-corrected chi connectivity index (χ0v) is 17.5. The molecule has 0 amide bonds. The van der Waals surface area contributed by atoms with Crippen molar-refractivity contribution in [3.63, 3.8) is 0 Å². The molecule has 8 nitrogen and oxygen atoms in total. The Morgan fingerprint density at radius 1 is 0.844 bits per heavy atom. The lowest BCUT2D eigenvalue weighted by molar-refractivity contribution is -0.383. The Kier molecular flexibility index (Phi) is 6.22. The molecule has 3 aromatic carbocycles. The van der Waals surface area contributed by atoms with Gasteiger partial charge in [-0.05, 0) is 36.8 Å². The average Bonchev–Trinajstić information content (AvgIpc) is 2.83. The van der Waals surface area contributed by atoms with Crippen molar-refractivity contribution in [2.75, 3.05) is 15.8 Å². The highest BCUT2D eigenvalue weighted by atomic mass is 16.6. The SMILES string of the molecule is Cc1ccc(CNc2ncnc(NN(c3ccccc3)c3ccccc3)c2[N+](=O)[O-])cc1. The first-order valence-electron chi connectivity index (χ1n) is 10.1. The van der Waals surface area contributed by atoms with Crippen LogP contribution in [0.2, 0.25) is 0 Å². The van der Waals surface area contributed by atoms with Crippen LogP contribution in [-0.2, 0) is 6.54 Å². The highest BCUT2D eigenvalue weighted by Crippen LogP contribution is 2.33. The number of hydrazine groups is 1. The van der Waals surface area contributed by atoms with E-state index in [0.29, 0.717) is 6.54 Å². The second-order valence-corrected chi connectivity index (χ2v) is 7.13. The average molecular weight is 426 g/mol. The molecule has 0 radical (unpaired) electrons. The van der Waals surface area contributed by atoms with Crippen molar-refractivity contribution in [1.82, 2.24) is 9.97 Å². The van der Waals surface area contributed by atoms with Crippen LogP contribution in [0.5, 0.6) is 0 Å². The third-order valence-corrected chi connectivity index (χ3v) is 4.83. The first-order chi connectivity index (χ1) is 15.6. The second-order valence-electron chi connectivity index (χ2n) is 7.13. The summed E-state index contributed by atoms with van der Waals surface area (Å²) >= 11 is 0. The van der Waals surface area contributed by atoms with Gasteiger partial charge in [0, 0.05) is 6.54 Å². The number of anilines is 4. The molecule has 8 heteroatoms. The van der Waals surface area contributed by atoms with Gasteiger partial charge >= 0.3 is 5.69 Å². The third-order valence-electron chi connectivity index (χ3n) is 4.83. The molecule has 32 heavy (non-hydrogen) atoms. The third kappa shape index (κ3) is 4.81. The van der Waals surface area contributed by atoms with E-state index in [-0.39, 0.29) is 17.3 Å². The minimum atomic E-state index is -0.478. The van der Waals surface area contributed by atoms with Gasteiger partial charge in [0.15, 0.2) is 0 Å². The predicted octanol–water partition coefficient (Wildman–Crippen LogP) is 5.47. The van der Waals surface area contributed by atoms with Gasteiger partial charge in [0.25, 0.3) is 0 Å². The number of hydrogen-bond acceptors (Lipinski definition) is 7. The number of para-hydroxylation sites is 2. The van der Waals surface area contributed by atoms with E-state index in [9.17, 15) is 10.1 Å². The fraction of sp³-hybridized carbons (Fsp3) is 0.0833. The number of hydrogen-bond donors (Lipinski definition) is 2. The summed E-state index contributed by atoms with van der Waals surface area (Å²) in [5, 5.41) is 16.8. The molecule has 0 aliphatic rings. The summed E-state index contributed by atoms with van der Waals surface area (Å²) in [6.07, 6.45) is 1.31. The van der Waals surface area contributed by atoms with E-state index in [4.69, 9.17) is 0 Å². The lowest BCUT2D eigenvalue weighted by Crippen LogP contribution is -2.26. The summed E-state index contributed by atoms with van der Waals surface area (Å²) in [6.45, 7) is 2.41. The van der Waals surface area contributed by atoms with Crippen molar-refractivity contribution < 1.29 is 4.92 Å². The summed E-state index contributed by atoms with van der Waals surface area (Å²) < 4.78 is 0.